The van der Waals surface area contributed by atoms with Gasteiger partial charge in [0, 0.05) is 0 Å². The molecule has 9 heteroatoms. The molecule has 1 fully saturated rings. The van der Waals surface area contributed by atoms with Crippen molar-refractivity contribution in [2.45, 2.75) is 6.18 Å². The van der Waals surface area contributed by atoms with Crippen LogP contribution in [0.4, 0.5) is 28.0 Å². The third kappa shape index (κ3) is 2.14. The molecule has 1 saturated heterocycles. The molecule has 19 heavy (non-hydrogen) atoms. The molecule has 0 saturated carbocycles. The number of urea groups is 1. The van der Waals surface area contributed by atoms with Crippen molar-refractivity contribution in [2.24, 2.45) is 0 Å². The van der Waals surface area contributed by atoms with Gasteiger partial charge in [-0.25, -0.2) is 14.1 Å². The summed E-state index contributed by atoms with van der Waals surface area (Å²) >= 11 is 0. The number of anilines is 1. The molecule has 1 N–H and O–H groups in total. The highest BCUT2D eigenvalue weighted by Gasteiger charge is 2.41. The average Bonchev–Trinajstić information content (AvgIpc) is 2.53. The van der Waals surface area contributed by atoms with E-state index in [4.69, 9.17) is 0 Å². The van der Waals surface area contributed by atoms with Crippen LogP contribution < -0.4 is 10.2 Å². The average molecular weight is 276 g/mol. The highest BCUT2D eigenvalue weighted by atomic mass is 19.4. The Labute approximate surface area is 102 Å². The normalized spacial score (nSPS) is 16.0. The predicted molar refractivity (Wildman–Crippen MR) is 52.4 cm³/mol. The van der Waals surface area contributed by atoms with Crippen molar-refractivity contribution in [3.05, 3.63) is 29.6 Å². The van der Waals surface area contributed by atoms with Crippen LogP contribution in [0.1, 0.15) is 5.56 Å². The number of carbonyl (C=O) groups excluding carboxylic acids is 3. The van der Waals surface area contributed by atoms with Crippen molar-refractivity contribution < 1.29 is 31.9 Å². The molecule has 1 aromatic carbocycles. The lowest BCUT2D eigenvalue weighted by atomic mass is 10.1. The summed E-state index contributed by atoms with van der Waals surface area (Å²) in [6.07, 6.45) is -4.77. The van der Waals surface area contributed by atoms with E-state index in [9.17, 15) is 31.9 Å². The Morgan fingerprint density at radius 1 is 1.11 bits per heavy atom. The molecule has 0 spiro atoms. The highest BCUT2D eigenvalue weighted by molar-refractivity contribution is 6.53. The second kappa shape index (κ2) is 4.04. The Balaban J connectivity index is 2.54. The van der Waals surface area contributed by atoms with Crippen molar-refractivity contribution in [1.29, 1.82) is 0 Å². The zero-order chi connectivity index (χ0) is 14.4. The number of imide groups is 2. The summed E-state index contributed by atoms with van der Waals surface area (Å²) < 4.78 is 50.8. The Hall–Kier alpha value is -2.45. The maximum atomic E-state index is 13.4. The lowest BCUT2D eigenvalue weighted by Crippen LogP contribution is -2.31. The topological polar surface area (TPSA) is 66.5 Å². The largest absolute Gasteiger partial charge is 0.416 e. The molecular weight excluding hydrogens is 272 g/mol. The number of alkyl halides is 3. The number of benzene rings is 1. The van der Waals surface area contributed by atoms with Crippen molar-refractivity contribution in [1.82, 2.24) is 5.32 Å². The van der Waals surface area contributed by atoms with E-state index in [0.717, 1.165) is 0 Å². The number of amides is 4. The van der Waals surface area contributed by atoms with Crippen molar-refractivity contribution >= 4 is 23.5 Å². The Bertz CT molecular complexity index is 597. The van der Waals surface area contributed by atoms with Gasteiger partial charge in [0.2, 0.25) is 0 Å². The Kier molecular flexibility index (Phi) is 2.76. The van der Waals surface area contributed by atoms with Crippen LogP contribution in [0.2, 0.25) is 0 Å². The van der Waals surface area contributed by atoms with E-state index in [-0.39, 0.29) is 11.0 Å². The molecule has 0 atom stereocenters. The Morgan fingerprint density at radius 3 is 2.21 bits per heavy atom. The van der Waals surface area contributed by atoms with Gasteiger partial charge in [0.15, 0.2) is 0 Å². The van der Waals surface area contributed by atoms with Crippen LogP contribution in [0.5, 0.6) is 0 Å². The summed E-state index contributed by atoms with van der Waals surface area (Å²) in [4.78, 5) is 33.4. The highest BCUT2D eigenvalue weighted by Crippen LogP contribution is 2.33. The van der Waals surface area contributed by atoms with Crippen molar-refractivity contribution in [3.8, 4) is 0 Å². The van der Waals surface area contributed by atoms with Gasteiger partial charge < -0.3 is 0 Å². The van der Waals surface area contributed by atoms with Crippen LogP contribution in [0.25, 0.3) is 0 Å². The van der Waals surface area contributed by atoms with E-state index in [0.29, 0.717) is 12.1 Å². The second-order valence-electron chi connectivity index (χ2n) is 3.56. The number of nitrogens with one attached hydrogen (secondary N) is 1. The van der Waals surface area contributed by atoms with Gasteiger partial charge in [0.05, 0.1) is 11.3 Å². The van der Waals surface area contributed by atoms with Crippen LogP contribution in [0.3, 0.4) is 0 Å². The maximum Gasteiger partial charge on any atom is 0.416 e. The van der Waals surface area contributed by atoms with Crippen LogP contribution >= 0.6 is 0 Å². The minimum absolute atomic E-state index is 0.0207. The molecule has 0 radical (unpaired) electrons. The molecule has 0 bridgehead atoms. The minimum atomic E-state index is -4.77. The molecule has 1 heterocycles. The van der Waals surface area contributed by atoms with Crippen LogP contribution in [-0.4, -0.2) is 17.8 Å². The second-order valence-corrected chi connectivity index (χ2v) is 3.56. The van der Waals surface area contributed by atoms with Crippen molar-refractivity contribution in [2.75, 3.05) is 4.90 Å². The molecule has 0 aromatic heterocycles. The molecule has 100 valence electrons. The summed E-state index contributed by atoms with van der Waals surface area (Å²) in [6.45, 7) is 0. The monoisotopic (exact) mass is 276 g/mol. The van der Waals surface area contributed by atoms with Gasteiger partial charge in [0.1, 0.15) is 5.82 Å². The summed E-state index contributed by atoms with van der Waals surface area (Å²) in [5, 5.41) is 1.55. The van der Waals surface area contributed by atoms with Gasteiger partial charge in [-0.1, -0.05) is 0 Å². The zero-order valence-electron chi connectivity index (χ0n) is 8.92. The quantitative estimate of drug-likeness (QED) is 0.479. The molecule has 0 aliphatic carbocycles. The third-order valence-corrected chi connectivity index (χ3v) is 2.34. The number of hydrogen-bond donors (Lipinski definition) is 1. The van der Waals surface area contributed by atoms with E-state index in [1.165, 1.54) is 0 Å². The van der Waals surface area contributed by atoms with E-state index >= 15 is 0 Å². The lowest BCUT2D eigenvalue weighted by molar-refractivity contribution is -0.137. The Morgan fingerprint density at radius 2 is 1.74 bits per heavy atom. The fraction of sp³-hybridized carbons (Fsp3) is 0.100. The molecular formula is C10H4F4N2O3. The molecule has 1 aliphatic rings. The molecule has 1 aliphatic heterocycles. The fourth-order valence-electron chi connectivity index (χ4n) is 1.48. The summed E-state index contributed by atoms with van der Waals surface area (Å²) in [5.41, 5.74) is -2.17. The van der Waals surface area contributed by atoms with Gasteiger partial charge in [-0.2, -0.15) is 13.2 Å². The van der Waals surface area contributed by atoms with E-state index in [1.54, 1.807) is 5.32 Å². The number of nitrogens with zero attached hydrogens (tertiary/aromatic N) is 1. The molecule has 4 amide bonds. The molecule has 2 rings (SSSR count). The zero-order valence-corrected chi connectivity index (χ0v) is 8.92. The standard InChI is InChI=1S/C10H4F4N2O3/c11-5-2-1-4(10(12,13)14)3-6(5)16-8(18)7(17)15-9(16)19/h1-3H,(H,15,17,19). The fourth-order valence-corrected chi connectivity index (χ4v) is 1.48. The number of carbonyl (C=O) groups is 3. The minimum Gasteiger partial charge on any atom is -0.269 e. The molecule has 5 nitrogen and oxygen atoms in total. The smallest absolute Gasteiger partial charge is 0.269 e. The first-order valence-corrected chi connectivity index (χ1v) is 4.78. The van der Waals surface area contributed by atoms with Crippen LogP contribution in [0.15, 0.2) is 18.2 Å². The number of rotatable bonds is 1. The van der Waals surface area contributed by atoms with E-state index in [2.05, 4.69) is 0 Å². The molecule has 1 aromatic rings. The predicted octanol–water partition coefficient (Wildman–Crippen LogP) is 1.43. The lowest BCUT2D eigenvalue weighted by Gasteiger charge is -2.14. The van der Waals surface area contributed by atoms with E-state index < -0.39 is 41.1 Å². The van der Waals surface area contributed by atoms with Gasteiger partial charge in [-0.3, -0.25) is 14.9 Å². The number of hydrogen-bond acceptors (Lipinski definition) is 3. The van der Waals surface area contributed by atoms with Gasteiger partial charge in [-0.15, -0.1) is 0 Å². The maximum absolute atomic E-state index is 13.4. The van der Waals surface area contributed by atoms with Gasteiger partial charge in [0.25, 0.3) is 0 Å². The summed E-state index contributed by atoms with van der Waals surface area (Å²) in [5.74, 6) is -4.00. The van der Waals surface area contributed by atoms with E-state index in [1.807, 2.05) is 0 Å². The third-order valence-electron chi connectivity index (χ3n) is 2.34. The SMILES string of the molecule is O=C1NC(=O)N(c2cc(C(F)(F)F)ccc2F)C1=O. The first kappa shape index (κ1) is 13.0. The van der Waals surface area contributed by atoms with Gasteiger partial charge >= 0.3 is 24.0 Å². The molecule has 0 unspecified atom stereocenters. The first-order chi connectivity index (χ1) is 8.71. The van der Waals surface area contributed by atoms with Gasteiger partial charge in [-0.05, 0) is 18.2 Å². The first-order valence-electron chi connectivity index (χ1n) is 4.78. The summed E-state index contributed by atoms with van der Waals surface area (Å²) in [6, 6.07) is -0.0975. The summed E-state index contributed by atoms with van der Waals surface area (Å²) in [7, 11) is 0. The number of halogens is 4. The van der Waals surface area contributed by atoms with Crippen LogP contribution in [0, 0.1) is 5.82 Å². The van der Waals surface area contributed by atoms with Crippen molar-refractivity contribution in [3.63, 3.8) is 0 Å². The van der Waals surface area contributed by atoms with Crippen LogP contribution in [-0.2, 0) is 15.8 Å².